The van der Waals surface area contributed by atoms with Gasteiger partial charge in [0.2, 0.25) is 0 Å². The lowest BCUT2D eigenvalue weighted by molar-refractivity contribution is 0.218. The van der Waals surface area contributed by atoms with Crippen LogP contribution in [0.3, 0.4) is 0 Å². The van der Waals surface area contributed by atoms with Crippen molar-refractivity contribution in [2.75, 3.05) is 0 Å². The molecule has 1 aliphatic rings. The molecular formula is C16H28ClN3. The minimum Gasteiger partial charge on any atom is -0.327 e. The van der Waals surface area contributed by atoms with E-state index in [2.05, 4.69) is 32.8 Å². The molecule has 2 unspecified atom stereocenters. The van der Waals surface area contributed by atoms with Crippen LogP contribution in [0.1, 0.15) is 58.3 Å². The molecule has 1 saturated carbocycles. The zero-order chi connectivity index (χ0) is 14.9. The van der Waals surface area contributed by atoms with Crippen LogP contribution in [-0.2, 0) is 19.4 Å². The summed E-state index contributed by atoms with van der Waals surface area (Å²) in [5, 5.41) is 5.43. The van der Waals surface area contributed by atoms with E-state index in [0.29, 0.717) is 11.3 Å². The summed E-state index contributed by atoms with van der Waals surface area (Å²) in [4.78, 5) is 0. The largest absolute Gasteiger partial charge is 0.327 e. The fourth-order valence-corrected chi connectivity index (χ4v) is 4.07. The van der Waals surface area contributed by atoms with Gasteiger partial charge in [0.15, 0.2) is 0 Å². The summed E-state index contributed by atoms with van der Waals surface area (Å²) in [6.45, 7) is 9.76. The molecule has 0 radical (unpaired) electrons. The van der Waals surface area contributed by atoms with E-state index in [-0.39, 0.29) is 6.04 Å². The summed E-state index contributed by atoms with van der Waals surface area (Å²) in [7, 11) is 0. The Morgan fingerprint density at radius 1 is 1.45 bits per heavy atom. The molecule has 4 heteroatoms. The molecule has 2 atom stereocenters. The second-order valence-corrected chi connectivity index (χ2v) is 7.11. The fraction of sp³-hybridized carbons (Fsp3) is 0.812. The Morgan fingerprint density at radius 3 is 2.65 bits per heavy atom. The molecule has 1 aliphatic carbocycles. The minimum atomic E-state index is 0.178. The highest BCUT2D eigenvalue weighted by atomic mass is 35.5. The average Bonchev–Trinajstić information content (AvgIpc) is 2.90. The van der Waals surface area contributed by atoms with Crippen molar-refractivity contribution < 1.29 is 0 Å². The van der Waals surface area contributed by atoms with Crippen molar-refractivity contribution >= 4 is 11.6 Å². The van der Waals surface area contributed by atoms with E-state index in [4.69, 9.17) is 17.3 Å². The van der Waals surface area contributed by atoms with Gasteiger partial charge in [0.25, 0.3) is 0 Å². The van der Waals surface area contributed by atoms with Crippen LogP contribution in [0.15, 0.2) is 0 Å². The molecule has 0 bridgehead atoms. The summed E-state index contributed by atoms with van der Waals surface area (Å²) < 4.78 is 2.03. The Labute approximate surface area is 127 Å². The predicted octanol–water partition coefficient (Wildman–Crippen LogP) is 3.81. The Morgan fingerprint density at radius 2 is 2.15 bits per heavy atom. The highest BCUT2D eigenvalue weighted by Crippen LogP contribution is 2.44. The molecule has 1 aromatic heterocycles. The van der Waals surface area contributed by atoms with Crippen molar-refractivity contribution in [3.05, 3.63) is 16.4 Å². The first kappa shape index (κ1) is 15.8. The second-order valence-electron chi connectivity index (χ2n) is 6.73. The maximum absolute atomic E-state index is 6.53. The molecule has 0 aromatic carbocycles. The van der Waals surface area contributed by atoms with Crippen LogP contribution in [0.4, 0.5) is 0 Å². The second kappa shape index (κ2) is 6.07. The third kappa shape index (κ3) is 2.89. The van der Waals surface area contributed by atoms with Crippen LogP contribution >= 0.6 is 11.6 Å². The third-order valence-electron chi connectivity index (χ3n) is 4.98. The van der Waals surface area contributed by atoms with E-state index in [1.54, 1.807) is 0 Å². The van der Waals surface area contributed by atoms with Gasteiger partial charge >= 0.3 is 0 Å². The Kier molecular flexibility index (Phi) is 4.80. The van der Waals surface area contributed by atoms with Gasteiger partial charge in [-0.25, -0.2) is 0 Å². The average molecular weight is 298 g/mol. The SMILES string of the molecule is CCc1nn(CC)c(CC(N)C2CCCC2(C)C)c1Cl. The number of nitrogens with two attached hydrogens (primary N) is 1. The summed E-state index contributed by atoms with van der Waals surface area (Å²) in [6.07, 6.45) is 5.54. The van der Waals surface area contributed by atoms with Crippen molar-refractivity contribution in [2.24, 2.45) is 17.1 Å². The first-order valence-electron chi connectivity index (χ1n) is 7.90. The van der Waals surface area contributed by atoms with Crippen LogP contribution in [-0.4, -0.2) is 15.8 Å². The first-order chi connectivity index (χ1) is 9.40. The number of hydrogen-bond donors (Lipinski definition) is 1. The lowest BCUT2D eigenvalue weighted by atomic mass is 9.76. The monoisotopic (exact) mass is 297 g/mol. The maximum Gasteiger partial charge on any atom is 0.0850 e. The van der Waals surface area contributed by atoms with Crippen molar-refractivity contribution in [2.45, 2.75) is 72.4 Å². The smallest absolute Gasteiger partial charge is 0.0850 e. The molecule has 2 N–H and O–H groups in total. The highest BCUT2D eigenvalue weighted by Gasteiger charge is 2.38. The van der Waals surface area contributed by atoms with Gasteiger partial charge in [-0.2, -0.15) is 5.10 Å². The predicted molar refractivity (Wildman–Crippen MR) is 85.1 cm³/mol. The molecule has 2 rings (SSSR count). The molecule has 0 amide bonds. The van der Waals surface area contributed by atoms with Gasteiger partial charge in [0, 0.05) is 19.0 Å². The van der Waals surface area contributed by atoms with Gasteiger partial charge in [0.1, 0.15) is 0 Å². The van der Waals surface area contributed by atoms with Gasteiger partial charge < -0.3 is 5.73 Å². The first-order valence-corrected chi connectivity index (χ1v) is 8.28. The summed E-state index contributed by atoms with van der Waals surface area (Å²) >= 11 is 6.49. The fourth-order valence-electron chi connectivity index (χ4n) is 3.73. The maximum atomic E-state index is 6.53. The number of aromatic nitrogens is 2. The van der Waals surface area contributed by atoms with Crippen LogP contribution in [0.25, 0.3) is 0 Å². The quantitative estimate of drug-likeness (QED) is 0.898. The summed E-state index contributed by atoms with van der Waals surface area (Å²) in [5.74, 6) is 0.587. The number of aryl methyl sites for hydroxylation is 2. The normalized spacial score (nSPS) is 23.2. The minimum absolute atomic E-state index is 0.178. The van der Waals surface area contributed by atoms with Crippen molar-refractivity contribution in [1.82, 2.24) is 9.78 Å². The van der Waals surface area contributed by atoms with Crippen LogP contribution < -0.4 is 5.73 Å². The lowest BCUT2D eigenvalue weighted by Gasteiger charge is -2.32. The zero-order valence-electron chi connectivity index (χ0n) is 13.2. The summed E-state index contributed by atoms with van der Waals surface area (Å²) in [5.41, 5.74) is 9.02. The van der Waals surface area contributed by atoms with Gasteiger partial charge in [-0.3, -0.25) is 4.68 Å². The van der Waals surface area contributed by atoms with Crippen molar-refractivity contribution in [3.63, 3.8) is 0 Å². The van der Waals surface area contributed by atoms with Crippen LogP contribution in [0.2, 0.25) is 5.02 Å². The van der Waals surface area contributed by atoms with Crippen molar-refractivity contribution in [3.8, 4) is 0 Å². The van der Waals surface area contributed by atoms with Gasteiger partial charge in [-0.1, -0.05) is 38.8 Å². The van der Waals surface area contributed by atoms with Crippen LogP contribution in [0, 0.1) is 11.3 Å². The Hall–Kier alpha value is -0.540. The highest BCUT2D eigenvalue weighted by molar-refractivity contribution is 6.31. The molecule has 20 heavy (non-hydrogen) atoms. The van der Waals surface area contributed by atoms with Gasteiger partial charge in [-0.15, -0.1) is 0 Å². The van der Waals surface area contributed by atoms with Crippen LogP contribution in [0.5, 0.6) is 0 Å². The topological polar surface area (TPSA) is 43.8 Å². The Balaban J connectivity index is 2.19. The van der Waals surface area contributed by atoms with E-state index < -0.39 is 0 Å². The molecule has 0 saturated heterocycles. The van der Waals surface area contributed by atoms with E-state index in [0.717, 1.165) is 35.8 Å². The van der Waals surface area contributed by atoms with Gasteiger partial charge in [0.05, 0.1) is 16.4 Å². The molecule has 3 nitrogen and oxygen atoms in total. The number of halogens is 1. The molecule has 114 valence electrons. The van der Waals surface area contributed by atoms with Crippen molar-refractivity contribution in [1.29, 1.82) is 0 Å². The van der Waals surface area contributed by atoms with E-state index in [9.17, 15) is 0 Å². The van der Waals surface area contributed by atoms with E-state index >= 15 is 0 Å². The zero-order valence-corrected chi connectivity index (χ0v) is 14.0. The standard InChI is InChI=1S/C16H28ClN3/c1-5-13-15(17)14(20(6-2)19-13)10-12(18)11-8-7-9-16(11,3)4/h11-12H,5-10,18H2,1-4H3. The molecule has 0 aliphatic heterocycles. The number of rotatable bonds is 5. The number of nitrogens with zero attached hydrogens (tertiary/aromatic N) is 2. The molecule has 1 fully saturated rings. The van der Waals surface area contributed by atoms with Gasteiger partial charge in [-0.05, 0) is 37.5 Å². The molecule has 1 aromatic rings. The third-order valence-corrected chi connectivity index (χ3v) is 5.42. The van der Waals surface area contributed by atoms with E-state index in [1.807, 2.05) is 4.68 Å². The van der Waals surface area contributed by atoms with E-state index in [1.165, 1.54) is 19.3 Å². The summed E-state index contributed by atoms with van der Waals surface area (Å²) in [6, 6.07) is 0.178. The molecule has 0 spiro atoms. The molecular weight excluding hydrogens is 270 g/mol. The number of hydrogen-bond acceptors (Lipinski definition) is 2. The molecule has 1 heterocycles. The Bertz CT molecular complexity index is 465. The lowest BCUT2D eigenvalue weighted by Crippen LogP contribution is -2.38.